The molecule has 0 spiro atoms. The average molecular weight is 288 g/mol. The molecule has 84 valence electrons. The van der Waals surface area contributed by atoms with Crippen molar-refractivity contribution in [1.29, 1.82) is 0 Å². The molecule has 1 aromatic carbocycles. The number of rotatable bonds is 1. The van der Waals surface area contributed by atoms with Crippen LogP contribution in [0.1, 0.15) is 0 Å². The summed E-state index contributed by atoms with van der Waals surface area (Å²) in [4.78, 5) is 8.87. The lowest BCUT2D eigenvalue weighted by atomic mass is 10.1. The number of aryl methyl sites for hydroxylation is 1. The fourth-order valence-electron chi connectivity index (χ4n) is 1.89. The third-order valence-corrected chi connectivity index (χ3v) is 3.08. The smallest absolute Gasteiger partial charge is 0.142 e. The van der Waals surface area contributed by atoms with Gasteiger partial charge >= 0.3 is 0 Å². The first-order chi connectivity index (χ1) is 8.24. The number of hydrogen-bond acceptors (Lipinski definition) is 2. The van der Waals surface area contributed by atoms with Crippen molar-refractivity contribution in [1.82, 2.24) is 14.5 Å². The van der Waals surface area contributed by atoms with Gasteiger partial charge in [0.25, 0.3) is 0 Å². The van der Waals surface area contributed by atoms with Crippen LogP contribution in [0.15, 0.2) is 47.3 Å². The highest BCUT2D eigenvalue weighted by Crippen LogP contribution is 2.23. The number of fused-ring (bicyclic) bond motifs is 1. The zero-order chi connectivity index (χ0) is 11.8. The van der Waals surface area contributed by atoms with Crippen LogP contribution in [0, 0.1) is 0 Å². The zero-order valence-corrected chi connectivity index (χ0v) is 10.8. The predicted molar refractivity (Wildman–Crippen MR) is 71.6 cm³/mol. The molecule has 2 aromatic heterocycles. The van der Waals surface area contributed by atoms with Crippen molar-refractivity contribution in [3.8, 4) is 11.4 Å². The predicted octanol–water partition coefficient (Wildman–Crippen LogP) is 3.40. The van der Waals surface area contributed by atoms with Gasteiger partial charge in [-0.05, 0) is 28.1 Å². The van der Waals surface area contributed by atoms with Crippen molar-refractivity contribution >= 4 is 26.8 Å². The van der Waals surface area contributed by atoms with Gasteiger partial charge in [0.15, 0.2) is 0 Å². The van der Waals surface area contributed by atoms with Gasteiger partial charge in [0.05, 0.1) is 5.52 Å². The third kappa shape index (κ3) is 1.85. The van der Waals surface area contributed by atoms with Crippen molar-refractivity contribution in [2.75, 3.05) is 0 Å². The Morgan fingerprint density at radius 3 is 2.82 bits per heavy atom. The van der Waals surface area contributed by atoms with Crippen molar-refractivity contribution < 1.29 is 0 Å². The molecule has 0 aliphatic carbocycles. The van der Waals surface area contributed by atoms with E-state index in [2.05, 4.69) is 38.0 Å². The Labute approximate surface area is 107 Å². The lowest BCUT2D eigenvalue weighted by Crippen LogP contribution is -1.92. The monoisotopic (exact) mass is 287 g/mol. The summed E-state index contributed by atoms with van der Waals surface area (Å²) in [6, 6.07) is 10.2. The fraction of sp³-hybridized carbons (Fsp3) is 0.0769. The maximum absolute atomic E-state index is 4.44. The summed E-state index contributed by atoms with van der Waals surface area (Å²) in [5.74, 6) is 0.912. The zero-order valence-electron chi connectivity index (χ0n) is 9.26. The topological polar surface area (TPSA) is 30.7 Å². The number of halogens is 1. The summed E-state index contributed by atoms with van der Waals surface area (Å²) in [6.45, 7) is 0. The lowest BCUT2D eigenvalue weighted by molar-refractivity contribution is 0.924. The van der Waals surface area contributed by atoms with E-state index < -0.39 is 0 Å². The molecular formula is C13H10BrN3. The van der Waals surface area contributed by atoms with Gasteiger partial charge in [-0.2, -0.15) is 0 Å². The van der Waals surface area contributed by atoms with Crippen LogP contribution in [0.25, 0.3) is 22.3 Å². The maximum Gasteiger partial charge on any atom is 0.142 e. The first-order valence-corrected chi connectivity index (χ1v) is 6.07. The van der Waals surface area contributed by atoms with Gasteiger partial charge in [-0.15, -0.1) is 0 Å². The summed E-state index contributed by atoms with van der Waals surface area (Å²) in [5.41, 5.74) is 2.03. The van der Waals surface area contributed by atoms with Crippen molar-refractivity contribution in [2.24, 2.45) is 7.05 Å². The van der Waals surface area contributed by atoms with Crippen LogP contribution in [-0.4, -0.2) is 14.5 Å². The molecule has 0 saturated heterocycles. The molecule has 2 heterocycles. The molecule has 0 aliphatic heterocycles. The highest BCUT2D eigenvalue weighted by Gasteiger charge is 2.07. The molecule has 0 saturated carbocycles. The average Bonchev–Trinajstić information content (AvgIpc) is 2.68. The van der Waals surface area contributed by atoms with Gasteiger partial charge in [0.1, 0.15) is 10.4 Å². The molecule has 3 aromatic rings. The van der Waals surface area contributed by atoms with Crippen LogP contribution in [0.4, 0.5) is 0 Å². The lowest BCUT2D eigenvalue weighted by Gasteiger charge is -2.02. The molecule has 0 atom stereocenters. The third-order valence-electron chi connectivity index (χ3n) is 2.70. The molecule has 0 amide bonds. The Bertz CT molecular complexity index is 688. The van der Waals surface area contributed by atoms with Gasteiger partial charge in [0, 0.05) is 30.4 Å². The molecule has 0 N–H and O–H groups in total. The number of benzene rings is 1. The summed E-state index contributed by atoms with van der Waals surface area (Å²) >= 11 is 3.38. The number of nitrogens with zero attached hydrogens (tertiary/aromatic N) is 3. The molecule has 4 heteroatoms. The summed E-state index contributed by atoms with van der Waals surface area (Å²) in [7, 11) is 1.97. The Hall–Kier alpha value is -1.68. The Morgan fingerprint density at radius 1 is 1.24 bits per heavy atom. The molecule has 0 unspecified atom stereocenters. The molecular weight excluding hydrogens is 278 g/mol. The van der Waals surface area contributed by atoms with E-state index in [4.69, 9.17) is 0 Å². The molecule has 0 radical (unpaired) electrons. The standard InChI is InChI=1S/C13H10BrN3/c1-17-8-12(14)16-13(17)10-6-9-4-2-3-5-11(9)15-7-10/h2-8H,1H3. The maximum atomic E-state index is 4.44. The second kappa shape index (κ2) is 3.96. The number of para-hydroxylation sites is 1. The van der Waals surface area contributed by atoms with Crippen molar-refractivity contribution in [3.05, 3.63) is 47.3 Å². The van der Waals surface area contributed by atoms with Crippen LogP contribution in [0.2, 0.25) is 0 Å². The van der Waals surface area contributed by atoms with Crippen LogP contribution >= 0.6 is 15.9 Å². The largest absolute Gasteiger partial charge is 0.333 e. The number of aromatic nitrogens is 3. The normalized spacial score (nSPS) is 10.9. The van der Waals surface area contributed by atoms with Crippen LogP contribution < -0.4 is 0 Å². The van der Waals surface area contributed by atoms with Gasteiger partial charge < -0.3 is 4.57 Å². The Kier molecular flexibility index (Phi) is 2.44. The van der Waals surface area contributed by atoms with Gasteiger partial charge in [-0.3, -0.25) is 4.98 Å². The van der Waals surface area contributed by atoms with E-state index in [1.807, 2.05) is 42.2 Å². The molecule has 3 rings (SSSR count). The van der Waals surface area contributed by atoms with E-state index >= 15 is 0 Å². The van der Waals surface area contributed by atoms with E-state index in [9.17, 15) is 0 Å². The van der Waals surface area contributed by atoms with Crippen LogP contribution in [-0.2, 0) is 7.05 Å². The highest BCUT2D eigenvalue weighted by molar-refractivity contribution is 9.10. The van der Waals surface area contributed by atoms with E-state index in [-0.39, 0.29) is 0 Å². The number of imidazole rings is 1. The molecule has 0 aliphatic rings. The summed E-state index contributed by atoms with van der Waals surface area (Å²) < 4.78 is 2.82. The minimum atomic E-state index is 0.836. The van der Waals surface area contributed by atoms with E-state index in [0.29, 0.717) is 0 Å². The van der Waals surface area contributed by atoms with Gasteiger partial charge in [-0.1, -0.05) is 18.2 Å². The molecule has 0 bridgehead atoms. The van der Waals surface area contributed by atoms with Gasteiger partial charge in [-0.25, -0.2) is 4.98 Å². The minimum Gasteiger partial charge on any atom is -0.333 e. The number of pyridine rings is 1. The molecule has 17 heavy (non-hydrogen) atoms. The quantitative estimate of drug-likeness (QED) is 0.687. The van der Waals surface area contributed by atoms with Crippen LogP contribution in [0.3, 0.4) is 0 Å². The van der Waals surface area contributed by atoms with E-state index in [1.54, 1.807) is 0 Å². The first-order valence-electron chi connectivity index (χ1n) is 5.28. The second-order valence-corrected chi connectivity index (χ2v) is 4.73. The molecule has 0 fully saturated rings. The van der Waals surface area contributed by atoms with Crippen molar-refractivity contribution in [2.45, 2.75) is 0 Å². The minimum absolute atomic E-state index is 0.836. The van der Waals surface area contributed by atoms with Crippen LogP contribution in [0.5, 0.6) is 0 Å². The second-order valence-electron chi connectivity index (χ2n) is 3.91. The summed E-state index contributed by atoms with van der Waals surface area (Å²) in [5, 5.41) is 1.13. The molecule has 3 nitrogen and oxygen atoms in total. The number of hydrogen-bond donors (Lipinski definition) is 0. The Morgan fingerprint density at radius 2 is 2.06 bits per heavy atom. The fourth-order valence-corrected chi connectivity index (χ4v) is 2.37. The highest BCUT2D eigenvalue weighted by atomic mass is 79.9. The van der Waals surface area contributed by atoms with Gasteiger partial charge in [0.2, 0.25) is 0 Å². The van der Waals surface area contributed by atoms with E-state index in [1.165, 1.54) is 0 Å². The Balaban J connectivity index is 2.21. The first kappa shape index (κ1) is 10.5. The SMILES string of the molecule is Cn1cc(Br)nc1-c1cnc2ccccc2c1. The summed E-state index contributed by atoms with van der Waals surface area (Å²) in [6.07, 6.45) is 3.79. The van der Waals surface area contributed by atoms with E-state index in [0.717, 1.165) is 26.9 Å². The van der Waals surface area contributed by atoms with Crippen molar-refractivity contribution in [3.63, 3.8) is 0 Å².